The number of fused-ring (bicyclic) bond motifs is 1. The molecule has 9 nitrogen and oxygen atoms in total. The molecule has 22 heavy (non-hydrogen) atoms. The van der Waals surface area contributed by atoms with E-state index in [4.69, 9.17) is 15.2 Å². The molecule has 0 saturated carbocycles. The van der Waals surface area contributed by atoms with E-state index in [1.807, 2.05) is 0 Å². The molecule has 0 spiro atoms. The highest BCUT2D eigenvalue weighted by atomic mass is 16.6. The molecule has 0 bridgehead atoms. The number of aromatic nitrogens is 4. The molecule has 4 heterocycles. The number of anilines is 1. The van der Waals surface area contributed by atoms with Crippen LogP contribution in [-0.2, 0) is 9.47 Å². The van der Waals surface area contributed by atoms with E-state index in [9.17, 15) is 9.90 Å². The first kappa shape index (κ1) is 13.7. The third-order valence-corrected chi connectivity index (χ3v) is 4.23. The number of aliphatic hydroxyl groups excluding tert-OH is 1. The number of nitrogens with two attached hydrogens (primary N) is 1. The van der Waals surface area contributed by atoms with Crippen LogP contribution in [0.15, 0.2) is 11.1 Å². The van der Waals surface area contributed by atoms with Gasteiger partial charge in [0.2, 0.25) is 5.95 Å². The predicted molar refractivity (Wildman–Crippen MR) is 76.1 cm³/mol. The SMILES string of the molecule is Nc1nc2c(ncn2[C@H]2C[C@H](O)[C@@H](C3CCCO3)O2)c(=O)[nH]1. The van der Waals surface area contributed by atoms with Crippen LogP contribution in [0.5, 0.6) is 0 Å². The molecule has 2 fully saturated rings. The molecule has 1 unspecified atom stereocenters. The number of H-pyrrole nitrogens is 1. The number of nitrogen functional groups attached to an aromatic ring is 1. The van der Waals surface area contributed by atoms with Crippen molar-refractivity contribution in [3.05, 3.63) is 16.7 Å². The van der Waals surface area contributed by atoms with Crippen molar-refractivity contribution in [3.8, 4) is 0 Å². The quantitative estimate of drug-likeness (QED) is 0.684. The van der Waals surface area contributed by atoms with E-state index in [1.165, 1.54) is 6.33 Å². The summed E-state index contributed by atoms with van der Waals surface area (Å²) in [7, 11) is 0. The van der Waals surface area contributed by atoms with Crippen molar-refractivity contribution in [2.75, 3.05) is 12.3 Å². The molecule has 4 N–H and O–H groups in total. The van der Waals surface area contributed by atoms with Gasteiger partial charge >= 0.3 is 0 Å². The summed E-state index contributed by atoms with van der Waals surface area (Å²) in [5.41, 5.74) is 5.75. The standard InChI is InChI=1S/C13H17N5O4/c14-13-16-11-9(12(20)17-13)15-5-18(11)8-4-6(19)10(22-8)7-2-1-3-21-7/h5-8,10,19H,1-4H2,(H3,14,16,17,20)/t6-,7?,8+,10-/m0/s1. The lowest BCUT2D eigenvalue weighted by molar-refractivity contribution is -0.0877. The van der Waals surface area contributed by atoms with Gasteiger partial charge in [0.1, 0.15) is 12.3 Å². The van der Waals surface area contributed by atoms with Gasteiger partial charge in [0.25, 0.3) is 5.56 Å². The van der Waals surface area contributed by atoms with E-state index in [0.29, 0.717) is 18.7 Å². The first-order valence-corrected chi connectivity index (χ1v) is 7.31. The summed E-state index contributed by atoms with van der Waals surface area (Å²) in [4.78, 5) is 22.4. The minimum Gasteiger partial charge on any atom is -0.390 e. The molecule has 4 atom stereocenters. The van der Waals surface area contributed by atoms with Crippen LogP contribution in [0.1, 0.15) is 25.5 Å². The van der Waals surface area contributed by atoms with Crippen molar-refractivity contribution in [1.82, 2.24) is 19.5 Å². The average Bonchev–Trinajstić information content (AvgIpc) is 3.16. The summed E-state index contributed by atoms with van der Waals surface area (Å²) in [6.07, 6.45) is 2.22. The Hall–Kier alpha value is -1.97. The van der Waals surface area contributed by atoms with Crippen molar-refractivity contribution < 1.29 is 14.6 Å². The second-order valence-electron chi connectivity index (χ2n) is 5.69. The smallest absolute Gasteiger partial charge is 0.280 e. The highest BCUT2D eigenvalue weighted by Crippen LogP contribution is 2.35. The number of aliphatic hydroxyl groups is 1. The zero-order valence-electron chi connectivity index (χ0n) is 11.8. The summed E-state index contributed by atoms with van der Waals surface area (Å²) in [5.74, 6) is 0.0217. The zero-order valence-corrected chi connectivity index (χ0v) is 11.8. The first-order valence-electron chi connectivity index (χ1n) is 7.31. The van der Waals surface area contributed by atoms with Gasteiger partial charge < -0.3 is 20.3 Å². The lowest BCUT2D eigenvalue weighted by atomic mass is 10.1. The lowest BCUT2D eigenvalue weighted by Gasteiger charge is -2.21. The van der Waals surface area contributed by atoms with Crippen LogP contribution in [0.2, 0.25) is 0 Å². The highest BCUT2D eigenvalue weighted by Gasteiger charge is 2.42. The van der Waals surface area contributed by atoms with Crippen LogP contribution < -0.4 is 11.3 Å². The van der Waals surface area contributed by atoms with Gasteiger partial charge in [-0.25, -0.2) is 4.98 Å². The summed E-state index contributed by atoms with van der Waals surface area (Å²) >= 11 is 0. The summed E-state index contributed by atoms with van der Waals surface area (Å²) in [6.45, 7) is 0.698. The van der Waals surface area contributed by atoms with Gasteiger partial charge in [-0.05, 0) is 12.8 Å². The first-order chi connectivity index (χ1) is 10.6. The number of aromatic amines is 1. The minimum absolute atomic E-state index is 0.0217. The van der Waals surface area contributed by atoms with Crippen molar-refractivity contribution in [2.45, 2.75) is 43.8 Å². The molecule has 118 valence electrons. The average molecular weight is 307 g/mol. The summed E-state index contributed by atoms with van der Waals surface area (Å²) < 4.78 is 13.2. The second-order valence-corrected chi connectivity index (χ2v) is 5.69. The fourth-order valence-corrected chi connectivity index (χ4v) is 3.20. The topological polar surface area (TPSA) is 128 Å². The van der Waals surface area contributed by atoms with Gasteiger partial charge in [-0.1, -0.05) is 0 Å². The maximum atomic E-state index is 11.8. The number of nitrogens with one attached hydrogen (secondary N) is 1. The van der Waals surface area contributed by atoms with Crippen molar-refractivity contribution >= 4 is 17.1 Å². The molecule has 0 radical (unpaired) electrons. The Morgan fingerprint density at radius 3 is 3.14 bits per heavy atom. The molecule has 2 aliphatic rings. The molecule has 0 amide bonds. The monoisotopic (exact) mass is 307 g/mol. The number of hydrogen-bond acceptors (Lipinski definition) is 7. The molecular weight excluding hydrogens is 290 g/mol. The van der Waals surface area contributed by atoms with E-state index in [1.54, 1.807) is 4.57 Å². The summed E-state index contributed by atoms with van der Waals surface area (Å²) in [6, 6.07) is 0. The number of ether oxygens (including phenoxy) is 2. The Morgan fingerprint density at radius 1 is 1.50 bits per heavy atom. The molecule has 0 aromatic carbocycles. The fraction of sp³-hybridized carbons (Fsp3) is 0.615. The predicted octanol–water partition coefficient (Wildman–Crippen LogP) is -0.471. The molecule has 2 aromatic heterocycles. The third kappa shape index (κ3) is 2.09. The van der Waals surface area contributed by atoms with Crippen molar-refractivity contribution in [2.24, 2.45) is 0 Å². The van der Waals surface area contributed by atoms with Gasteiger partial charge in [-0.15, -0.1) is 0 Å². The molecule has 2 aliphatic heterocycles. The number of hydrogen-bond donors (Lipinski definition) is 3. The van der Waals surface area contributed by atoms with E-state index >= 15 is 0 Å². The molecule has 0 aliphatic carbocycles. The lowest BCUT2D eigenvalue weighted by Crippen LogP contribution is -2.33. The largest absolute Gasteiger partial charge is 0.390 e. The number of nitrogens with zero attached hydrogens (tertiary/aromatic N) is 3. The van der Waals surface area contributed by atoms with Gasteiger partial charge in [-0.3, -0.25) is 14.3 Å². The van der Waals surface area contributed by atoms with Crippen LogP contribution in [-0.4, -0.2) is 49.5 Å². The zero-order chi connectivity index (χ0) is 15.3. The third-order valence-electron chi connectivity index (χ3n) is 4.23. The molecule has 2 saturated heterocycles. The highest BCUT2D eigenvalue weighted by molar-refractivity contribution is 5.70. The van der Waals surface area contributed by atoms with Gasteiger partial charge in [0.15, 0.2) is 11.2 Å². The van der Waals surface area contributed by atoms with Gasteiger partial charge in [0.05, 0.1) is 18.5 Å². The van der Waals surface area contributed by atoms with Gasteiger partial charge in [0, 0.05) is 13.0 Å². The molecule has 9 heteroatoms. The normalized spacial score (nSPS) is 32.0. The molecule has 4 rings (SSSR count). The van der Waals surface area contributed by atoms with Crippen LogP contribution in [0, 0.1) is 0 Å². The number of rotatable bonds is 2. The second kappa shape index (κ2) is 5.04. The fourth-order valence-electron chi connectivity index (χ4n) is 3.20. The number of imidazole rings is 1. The Balaban J connectivity index is 1.67. The van der Waals surface area contributed by atoms with Gasteiger partial charge in [-0.2, -0.15) is 4.98 Å². The van der Waals surface area contributed by atoms with Crippen LogP contribution in [0.4, 0.5) is 5.95 Å². The Bertz CT molecular complexity index is 750. The molecule has 2 aromatic rings. The minimum atomic E-state index is -0.620. The Labute approximate surface area is 125 Å². The van der Waals surface area contributed by atoms with Crippen LogP contribution in [0.3, 0.4) is 0 Å². The molecular formula is C13H17N5O4. The maximum Gasteiger partial charge on any atom is 0.280 e. The van der Waals surface area contributed by atoms with E-state index in [2.05, 4.69) is 15.0 Å². The van der Waals surface area contributed by atoms with E-state index < -0.39 is 17.9 Å². The van der Waals surface area contributed by atoms with Crippen LogP contribution >= 0.6 is 0 Å². The van der Waals surface area contributed by atoms with E-state index in [0.717, 1.165) is 12.8 Å². The Morgan fingerprint density at radius 2 is 2.36 bits per heavy atom. The van der Waals surface area contributed by atoms with Crippen molar-refractivity contribution in [3.63, 3.8) is 0 Å². The van der Waals surface area contributed by atoms with E-state index in [-0.39, 0.29) is 23.7 Å². The Kier molecular flexibility index (Phi) is 3.13. The van der Waals surface area contributed by atoms with Crippen LogP contribution in [0.25, 0.3) is 11.2 Å². The summed E-state index contributed by atoms with van der Waals surface area (Å²) in [5, 5.41) is 10.2. The van der Waals surface area contributed by atoms with Crippen molar-refractivity contribution in [1.29, 1.82) is 0 Å². The maximum absolute atomic E-state index is 11.8.